The number of carbonyl (C=O) groups is 1. The van der Waals surface area contributed by atoms with Crippen LogP contribution in [0.4, 0.5) is 0 Å². The van der Waals surface area contributed by atoms with Crippen LogP contribution in [-0.2, 0) is 0 Å². The average Bonchev–Trinajstić information content (AvgIpc) is 2.61. The van der Waals surface area contributed by atoms with Crippen LogP contribution in [0.2, 0.25) is 0 Å². The number of rotatable bonds is 3. The van der Waals surface area contributed by atoms with Crippen molar-refractivity contribution in [1.29, 1.82) is 0 Å². The summed E-state index contributed by atoms with van der Waals surface area (Å²) in [4.78, 5) is 18.5. The molecule has 0 bridgehead atoms. The molecule has 1 unspecified atom stereocenters. The number of hydrogen-bond acceptors (Lipinski definition) is 3. The van der Waals surface area contributed by atoms with Crippen LogP contribution >= 0.6 is 11.3 Å². The van der Waals surface area contributed by atoms with Gasteiger partial charge in [0.15, 0.2) is 0 Å². The molecule has 0 aliphatic rings. The van der Waals surface area contributed by atoms with Crippen molar-refractivity contribution in [3.8, 4) is 0 Å². The number of thiazole rings is 1. The summed E-state index contributed by atoms with van der Waals surface area (Å²) < 4.78 is 0. The van der Waals surface area contributed by atoms with Crippen LogP contribution < -0.4 is 0 Å². The normalized spacial score (nSPS) is 12.6. The highest BCUT2D eigenvalue weighted by Gasteiger charge is 2.19. The highest BCUT2D eigenvalue weighted by atomic mass is 32.1. The van der Waals surface area contributed by atoms with Gasteiger partial charge in [-0.25, -0.2) is 4.98 Å². The molecule has 0 radical (unpaired) electrons. The maximum atomic E-state index is 11.9. The van der Waals surface area contributed by atoms with Crippen molar-refractivity contribution < 1.29 is 4.79 Å². The number of amides is 1. The van der Waals surface area contributed by atoms with Gasteiger partial charge in [0.25, 0.3) is 5.91 Å². The summed E-state index contributed by atoms with van der Waals surface area (Å²) in [6, 6.07) is 0.281. The first-order chi connectivity index (χ1) is 6.57. The Morgan fingerprint density at radius 1 is 1.71 bits per heavy atom. The van der Waals surface area contributed by atoms with Crippen LogP contribution in [-0.4, -0.2) is 28.9 Å². The van der Waals surface area contributed by atoms with E-state index < -0.39 is 0 Å². The maximum absolute atomic E-state index is 11.9. The lowest BCUT2D eigenvalue weighted by atomic mass is 10.2. The predicted octanol–water partition coefficient (Wildman–Crippen LogP) is 2.32. The SMILES string of the molecule is CCC(C)N(C)C(=O)c1scnc1C. The van der Waals surface area contributed by atoms with Gasteiger partial charge in [-0.3, -0.25) is 4.79 Å². The van der Waals surface area contributed by atoms with Gasteiger partial charge >= 0.3 is 0 Å². The molecule has 4 heteroatoms. The van der Waals surface area contributed by atoms with Crippen molar-refractivity contribution in [3.05, 3.63) is 16.1 Å². The molecule has 1 rings (SSSR count). The molecule has 0 saturated heterocycles. The van der Waals surface area contributed by atoms with Crippen LogP contribution in [0.3, 0.4) is 0 Å². The molecule has 1 heterocycles. The van der Waals surface area contributed by atoms with Gasteiger partial charge < -0.3 is 4.90 Å². The number of nitrogens with zero attached hydrogens (tertiary/aromatic N) is 2. The Labute approximate surface area is 88.8 Å². The van der Waals surface area contributed by atoms with E-state index in [4.69, 9.17) is 0 Å². The van der Waals surface area contributed by atoms with Gasteiger partial charge in [0.2, 0.25) is 0 Å². The third kappa shape index (κ3) is 2.12. The van der Waals surface area contributed by atoms with Crippen LogP contribution in [0.5, 0.6) is 0 Å². The quantitative estimate of drug-likeness (QED) is 0.770. The van der Waals surface area contributed by atoms with Crippen LogP contribution in [0, 0.1) is 6.92 Å². The topological polar surface area (TPSA) is 33.2 Å². The molecule has 0 aromatic carbocycles. The molecule has 0 N–H and O–H groups in total. The van der Waals surface area contributed by atoms with Gasteiger partial charge in [-0.05, 0) is 20.3 Å². The third-order valence-electron chi connectivity index (χ3n) is 2.51. The van der Waals surface area contributed by atoms with Gasteiger partial charge in [0, 0.05) is 13.1 Å². The van der Waals surface area contributed by atoms with E-state index in [0.717, 1.165) is 17.0 Å². The standard InChI is InChI=1S/C10H16N2OS/c1-5-7(2)12(4)10(13)9-8(3)11-6-14-9/h6-7H,5H2,1-4H3. The highest BCUT2D eigenvalue weighted by Crippen LogP contribution is 2.16. The summed E-state index contributed by atoms with van der Waals surface area (Å²) in [6.07, 6.45) is 0.972. The first kappa shape index (κ1) is 11.2. The summed E-state index contributed by atoms with van der Waals surface area (Å²) in [6.45, 7) is 6.00. The highest BCUT2D eigenvalue weighted by molar-refractivity contribution is 7.11. The third-order valence-corrected chi connectivity index (χ3v) is 3.43. The van der Waals surface area contributed by atoms with E-state index in [-0.39, 0.29) is 11.9 Å². The molecule has 0 aliphatic carbocycles. The van der Waals surface area contributed by atoms with E-state index >= 15 is 0 Å². The van der Waals surface area contributed by atoms with E-state index in [1.54, 1.807) is 10.4 Å². The van der Waals surface area contributed by atoms with Gasteiger partial charge in [-0.2, -0.15) is 0 Å². The number of hydrogen-bond donors (Lipinski definition) is 0. The molecule has 1 aromatic heterocycles. The smallest absolute Gasteiger partial charge is 0.265 e. The Bertz CT molecular complexity index is 322. The lowest BCUT2D eigenvalue weighted by Crippen LogP contribution is -2.34. The summed E-state index contributed by atoms with van der Waals surface area (Å²) in [5, 5.41) is 0. The number of aryl methyl sites for hydroxylation is 1. The number of aromatic nitrogens is 1. The molecule has 0 fully saturated rings. The molecule has 0 aliphatic heterocycles. The molecule has 1 atom stereocenters. The van der Waals surface area contributed by atoms with Crippen LogP contribution in [0.15, 0.2) is 5.51 Å². The fourth-order valence-electron chi connectivity index (χ4n) is 1.14. The lowest BCUT2D eigenvalue weighted by Gasteiger charge is -2.23. The van der Waals surface area contributed by atoms with Crippen molar-refractivity contribution >= 4 is 17.2 Å². The zero-order chi connectivity index (χ0) is 10.7. The zero-order valence-corrected chi connectivity index (χ0v) is 9.89. The predicted molar refractivity (Wildman–Crippen MR) is 58.7 cm³/mol. The van der Waals surface area contributed by atoms with Crippen molar-refractivity contribution in [3.63, 3.8) is 0 Å². The molecule has 3 nitrogen and oxygen atoms in total. The maximum Gasteiger partial charge on any atom is 0.265 e. The minimum atomic E-state index is 0.0827. The minimum absolute atomic E-state index is 0.0827. The monoisotopic (exact) mass is 212 g/mol. The fraction of sp³-hybridized carbons (Fsp3) is 0.600. The Balaban J connectivity index is 2.81. The van der Waals surface area contributed by atoms with Gasteiger partial charge in [-0.15, -0.1) is 11.3 Å². The van der Waals surface area contributed by atoms with E-state index in [1.165, 1.54) is 11.3 Å². The molecule has 0 saturated carbocycles. The van der Waals surface area contributed by atoms with Crippen molar-refractivity contribution in [2.24, 2.45) is 0 Å². The summed E-state index contributed by atoms with van der Waals surface area (Å²) in [7, 11) is 1.84. The minimum Gasteiger partial charge on any atom is -0.338 e. The van der Waals surface area contributed by atoms with Crippen molar-refractivity contribution in [2.45, 2.75) is 33.2 Å². The van der Waals surface area contributed by atoms with Gasteiger partial charge in [-0.1, -0.05) is 6.92 Å². The molecular weight excluding hydrogens is 196 g/mol. The second-order valence-electron chi connectivity index (χ2n) is 3.44. The second-order valence-corrected chi connectivity index (χ2v) is 4.29. The summed E-state index contributed by atoms with van der Waals surface area (Å²) in [5.41, 5.74) is 2.54. The van der Waals surface area contributed by atoms with E-state index in [0.29, 0.717) is 0 Å². The molecular formula is C10H16N2OS. The Morgan fingerprint density at radius 2 is 2.36 bits per heavy atom. The van der Waals surface area contributed by atoms with Crippen molar-refractivity contribution in [2.75, 3.05) is 7.05 Å². The van der Waals surface area contributed by atoms with E-state index in [2.05, 4.69) is 11.9 Å². The Kier molecular flexibility index (Phi) is 3.63. The Morgan fingerprint density at radius 3 is 2.79 bits per heavy atom. The van der Waals surface area contributed by atoms with Crippen LogP contribution in [0.25, 0.3) is 0 Å². The molecule has 78 valence electrons. The lowest BCUT2D eigenvalue weighted by molar-refractivity contribution is 0.0744. The summed E-state index contributed by atoms with van der Waals surface area (Å²) in [5.74, 6) is 0.0827. The zero-order valence-electron chi connectivity index (χ0n) is 9.07. The average molecular weight is 212 g/mol. The first-order valence-electron chi connectivity index (χ1n) is 4.75. The van der Waals surface area contributed by atoms with Crippen LogP contribution in [0.1, 0.15) is 35.6 Å². The van der Waals surface area contributed by atoms with E-state index in [1.807, 2.05) is 20.9 Å². The number of carbonyl (C=O) groups excluding carboxylic acids is 1. The molecule has 14 heavy (non-hydrogen) atoms. The fourth-order valence-corrected chi connectivity index (χ4v) is 1.93. The van der Waals surface area contributed by atoms with E-state index in [9.17, 15) is 4.79 Å². The largest absolute Gasteiger partial charge is 0.338 e. The molecule has 1 amide bonds. The van der Waals surface area contributed by atoms with Crippen molar-refractivity contribution in [1.82, 2.24) is 9.88 Å². The second kappa shape index (κ2) is 4.55. The van der Waals surface area contributed by atoms with Gasteiger partial charge in [0.05, 0.1) is 11.2 Å². The Hall–Kier alpha value is -0.900. The molecule has 0 spiro atoms. The summed E-state index contributed by atoms with van der Waals surface area (Å²) >= 11 is 1.41. The molecule has 1 aromatic rings. The first-order valence-corrected chi connectivity index (χ1v) is 5.63. The van der Waals surface area contributed by atoms with Gasteiger partial charge in [0.1, 0.15) is 4.88 Å².